The predicted octanol–water partition coefficient (Wildman–Crippen LogP) is 0.904. The van der Waals surface area contributed by atoms with Crippen molar-refractivity contribution < 1.29 is 9.90 Å². The summed E-state index contributed by atoms with van der Waals surface area (Å²) < 4.78 is 0. The third-order valence-corrected chi connectivity index (χ3v) is 1.98. The van der Waals surface area contributed by atoms with E-state index in [0.29, 0.717) is 6.42 Å². The Morgan fingerprint density at radius 1 is 1.80 bits per heavy atom. The molecule has 0 bridgehead atoms. The molecule has 1 aliphatic rings. The Balaban J connectivity index is 2.68. The molecule has 0 unspecified atom stereocenters. The Bertz CT molecular complexity index is 172. The van der Waals surface area contributed by atoms with Gasteiger partial charge in [0.2, 0.25) is 0 Å². The molecule has 0 saturated heterocycles. The maximum Gasteiger partial charge on any atom is 0.155 e. The molecule has 1 rings (SSSR count). The molecule has 2 nitrogen and oxygen atoms in total. The summed E-state index contributed by atoms with van der Waals surface area (Å²) in [4.78, 5) is 10.7. The van der Waals surface area contributed by atoms with Gasteiger partial charge in [-0.3, -0.25) is 4.79 Å². The van der Waals surface area contributed by atoms with Gasteiger partial charge in [-0.2, -0.15) is 0 Å². The lowest BCUT2D eigenvalue weighted by molar-refractivity contribution is -0.115. The molecule has 2 heteroatoms. The Hall–Kier alpha value is -0.630. The average molecular weight is 140 g/mol. The van der Waals surface area contributed by atoms with Gasteiger partial charge in [0.05, 0.1) is 6.61 Å². The first-order valence-electron chi connectivity index (χ1n) is 3.49. The zero-order chi connectivity index (χ0) is 7.61. The molecule has 0 spiro atoms. The quantitative estimate of drug-likeness (QED) is 0.587. The van der Waals surface area contributed by atoms with Crippen molar-refractivity contribution in [1.82, 2.24) is 0 Å². The van der Waals surface area contributed by atoms with E-state index < -0.39 is 0 Å². The van der Waals surface area contributed by atoms with Crippen molar-refractivity contribution in [2.75, 3.05) is 6.61 Å². The number of rotatable bonds is 1. The SMILES string of the molecule is C[C@]1(CO)C=CC(=O)CC1. The number of aliphatic hydroxyl groups is 1. The molecule has 10 heavy (non-hydrogen) atoms. The van der Waals surface area contributed by atoms with Crippen LogP contribution in [0.3, 0.4) is 0 Å². The molecule has 0 aliphatic heterocycles. The van der Waals surface area contributed by atoms with Gasteiger partial charge in [-0.15, -0.1) is 0 Å². The zero-order valence-corrected chi connectivity index (χ0v) is 6.13. The Kier molecular flexibility index (Phi) is 1.90. The molecular formula is C8H12O2. The molecule has 0 radical (unpaired) electrons. The zero-order valence-electron chi connectivity index (χ0n) is 6.13. The molecule has 1 aliphatic carbocycles. The van der Waals surface area contributed by atoms with Crippen molar-refractivity contribution in [3.63, 3.8) is 0 Å². The summed E-state index contributed by atoms with van der Waals surface area (Å²) in [6, 6.07) is 0. The molecule has 0 fully saturated rings. The molecule has 0 aromatic heterocycles. The fraction of sp³-hybridized carbons (Fsp3) is 0.625. The Morgan fingerprint density at radius 3 is 2.90 bits per heavy atom. The second-order valence-corrected chi connectivity index (χ2v) is 3.11. The monoisotopic (exact) mass is 140 g/mol. The number of aliphatic hydroxyl groups excluding tert-OH is 1. The number of ketones is 1. The van der Waals surface area contributed by atoms with Crippen LogP contribution in [0.15, 0.2) is 12.2 Å². The molecule has 1 N–H and O–H groups in total. The van der Waals surface area contributed by atoms with E-state index in [1.807, 2.05) is 6.92 Å². The van der Waals surface area contributed by atoms with Crippen LogP contribution in [0.1, 0.15) is 19.8 Å². The maximum absolute atomic E-state index is 10.7. The van der Waals surface area contributed by atoms with E-state index in [4.69, 9.17) is 5.11 Å². The Morgan fingerprint density at radius 2 is 2.50 bits per heavy atom. The van der Waals surface area contributed by atoms with E-state index in [-0.39, 0.29) is 17.8 Å². The number of allylic oxidation sites excluding steroid dienone is 1. The van der Waals surface area contributed by atoms with Crippen LogP contribution in [0.2, 0.25) is 0 Å². The van der Waals surface area contributed by atoms with Gasteiger partial charge in [-0.1, -0.05) is 13.0 Å². The van der Waals surface area contributed by atoms with Gasteiger partial charge >= 0.3 is 0 Å². The number of carbonyl (C=O) groups is 1. The standard InChI is InChI=1S/C8H12O2/c1-8(6-9)4-2-7(10)3-5-8/h2,4,9H,3,5-6H2,1H3/t8-/m0/s1. The average Bonchev–Trinajstić information content (AvgIpc) is 1.96. The van der Waals surface area contributed by atoms with Crippen molar-refractivity contribution >= 4 is 5.78 Å². The first-order chi connectivity index (χ1) is 4.66. The van der Waals surface area contributed by atoms with E-state index in [9.17, 15) is 4.79 Å². The summed E-state index contributed by atoms with van der Waals surface area (Å²) in [5.74, 6) is 0.172. The van der Waals surface area contributed by atoms with E-state index >= 15 is 0 Å². The van der Waals surface area contributed by atoms with Crippen LogP contribution in [0.5, 0.6) is 0 Å². The lowest BCUT2D eigenvalue weighted by Gasteiger charge is -2.25. The van der Waals surface area contributed by atoms with E-state index in [1.165, 1.54) is 0 Å². The molecule has 0 aromatic rings. The molecule has 0 saturated carbocycles. The van der Waals surface area contributed by atoms with Gasteiger partial charge in [0, 0.05) is 11.8 Å². The van der Waals surface area contributed by atoms with E-state index in [0.717, 1.165) is 6.42 Å². The lowest BCUT2D eigenvalue weighted by Crippen LogP contribution is -2.23. The van der Waals surface area contributed by atoms with Gasteiger partial charge in [-0.25, -0.2) is 0 Å². The second kappa shape index (κ2) is 2.54. The number of carbonyl (C=O) groups excluding carboxylic acids is 1. The minimum Gasteiger partial charge on any atom is -0.395 e. The smallest absolute Gasteiger partial charge is 0.155 e. The van der Waals surface area contributed by atoms with Gasteiger partial charge in [-0.05, 0) is 12.5 Å². The molecule has 1 atom stereocenters. The highest BCUT2D eigenvalue weighted by molar-refractivity contribution is 5.90. The maximum atomic E-state index is 10.7. The van der Waals surface area contributed by atoms with E-state index in [1.54, 1.807) is 12.2 Å². The van der Waals surface area contributed by atoms with Crippen LogP contribution in [0.25, 0.3) is 0 Å². The summed E-state index contributed by atoms with van der Waals surface area (Å²) >= 11 is 0. The highest BCUT2D eigenvalue weighted by Crippen LogP contribution is 2.27. The van der Waals surface area contributed by atoms with Crippen LogP contribution in [0, 0.1) is 5.41 Å². The third kappa shape index (κ3) is 1.45. The summed E-state index contributed by atoms with van der Waals surface area (Å²) in [5, 5.41) is 8.87. The number of hydrogen-bond donors (Lipinski definition) is 1. The summed E-state index contributed by atoms with van der Waals surface area (Å²) in [5.41, 5.74) is -0.145. The van der Waals surface area contributed by atoms with Crippen molar-refractivity contribution in [2.24, 2.45) is 5.41 Å². The summed E-state index contributed by atoms with van der Waals surface area (Å²) in [7, 11) is 0. The minimum absolute atomic E-state index is 0.136. The molecule has 0 amide bonds. The molecule has 0 aromatic carbocycles. The fourth-order valence-electron chi connectivity index (χ4n) is 1.00. The Labute approximate surface area is 60.6 Å². The molecular weight excluding hydrogens is 128 g/mol. The lowest BCUT2D eigenvalue weighted by atomic mass is 9.81. The van der Waals surface area contributed by atoms with Gasteiger partial charge < -0.3 is 5.11 Å². The normalized spacial score (nSPS) is 32.8. The first-order valence-corrected chi connectivity index (χ1v) is 3.49. The topological polar surface area (TPSA) is 37.3 Å². The summed E-state index contributed by atoms with van der Waals surface area (Å²) in [6.07, 6.45) is 4.73. The highest BCUT2D eigenvalue weighted by Gasteiger charge is 2.23. The highest BCUT2D eigenvalue weighted by atomic mass is 16.3. The van der Waals surface area contributed by atoms with Crippen LogP contribution < -0.4 is 0 Å². The minimum atomic E-state index is -0.145. The van der Waals surface area contributed by atoms with Crippen LogP contribution in [0.4, 0.5) is 0 Å². The first kappa shape index (κ1) is 7.48. The van der Waals surface area contributed by atoms with Crippen molar-refractivity contribution in [3.8, 4) is 0 Å². The molecule has 0 heterocycles. The third-order valence-electron chi connectivity index (χ3n) is 1.98. The van der Waals surface area contributed by atoms with E-state index in [2.05, 4.69) is 0 Å². The van der Waals surface area contributed by atoms with Gasteiger partial charge in [0.25, 0.3) is 0 Å². The molecule has 56 valence electrons. The largest absolute Gasteiger partial charge is 0.395 e. The second-order valence-electron chi connectivity index (χ2n) is 3.11. The van der Waals surface area contributed by atoms with Gasteiger partial charge in [0.1, 0.15) is 0 Å². The predicted molar refractivity (Wildman–Crippen MR) is 38.6 cm³/mol. The van der Waals surface area contributed by atoms with Crippen LogP contribution in [-0.2, 0) is 4.79 Å². The van der Waals surface area contributed by atoms with Gasteiger partial charge in [0.15, 0.2) is 5.78 Å². The van der Waals surface area contributed by atoms with Crippen molar-refractivity contribution in [3.05, 3.63) is 12.2 Å². The van der Waals surface area contributed by atoms with Crippen LogP contribution in [-0.4, -0.2) is 17.5 Å². The summed E-state index contributed by atoms with van der Waals surface area (Å²) in [6.45, 7) is 2.09. The fourth-order valence-corrected chi connectivity index (χ4v) is 1.00. The van der Waals surface area contributed by atoms with Crippen LogP contribution >= 0.6 is 0 Å². The van der Waals surface area contributed by atoms with Crippen molar-refractivity contribution in [1.29, 1.82) is 0 Å². The van der Waals surface area contributed by atoms with Crippen molar-refractivity contribution in [2.45, 2.75) is 19.8 Å². The number of hydrogen-bond acceptors (Lipinski definition) is 2.